The van der Waals surface area contributed by atoms with Gasteiger partial charge in [0.25, 0.3) is 11.5 Å². The number of nitriles is 1. The molecule has 0 radical (unpaired) electrons. The number of nitrogens with zero attached hydrogens (tertiary/aromatic N) is 1. The standard InChI is InChI=1S/C14H10N4O2/c15-6-8-9-10(14(20)18-12(8)16)13(19)17-11(9)7-4-2-1-3-5-7/h1-5,11H,(H,17,19)(H3,16,18,20). The van der Waals surface area contributed by atoms with Crippen molar-refractivity contribution in [3.8, 4) is 6.07 Å². The van der Waals surface area contributed by atoms with Crippen LogP contribution in [0, 0.1) is 11.3 Å². The van der Waals surface area contributed by atoms with Crippen LogP contribution in [0.25, 0.3) is 0 Å². The van der Waals surface area contributed by atoms with Gasteiger partial charge in [0.2, 0.25) is 0 Å². The number of hydrogen-bond donors (Lipinski definition) is 3. The van der Waals surface area contributed by atoms with Gasteiger partial charge in [-0.05, 0) is 5.56 Å². The molecule has 2 aromatic rings. The third-order valence-corrected chi connectivity index (χ3v) is 3.32. The van der Waals surface area contributed by atoms with E-state index in [1.54, 1.807) is 0 Å². The van der Waals surface area contributed by atoms with Crippen LogP contribution in [0.2, 0.25) is 0 Å². The molecule has 1 aliphatic heterocycles. The van der Waals surface area contributed by atoms with E-state index in [4.69, 9.17) is 5.73 Å². The number of benzene rings is 1. The zero-order valence-electron chi connectivity index (χ0n) is 10.3. The van der Waals surface area contributed by atoms with Crippen molar-refractivity contribution in [2.75, 3.05) is 5.73 Å². The molecule has 6 heteroatoms. The van der Waals surface area contributed by atoms with Crippen molar-refractivity contribution in [2.24, 2.45) is 0 Å². The lowest BCUT2D eigenvalue weighted by molar-refractivity contribution is 0.0959. The summed E-state index contributed by atoms with van der Waals surface area (Å²) in [6, 6.07) is 10.6. The Kier molecular flexibility index (Phi) is 2.54. The Balaban J connectivity index is 2.32. The van der Waals surface area contributed by atoms with Gasteiger partial charge in [-0.2, -0.15) is 5.26 Å². The summed E-state index contributed by atoms with van der Waals surface area (Å²) in [5, 5.41) is 11.9. The van der Waals surface area contributed by atoms with Crippen molar-refractivity contribution in [1.82, 2.24) is 10.3 Å². The van der Waals surface area contributed by atoms with Crippen molar-refractivity contribution in [1.29, 1.82) is 5.26 Å². The van der Waals surface area contributed by atoms with Crippen molar-refractivity contribution >= 4 is 11.7 Å². The minimum atomic E-state index is -0.576. The molecule has 98 valence electrons. The van der Waals surface area contributed by atoms with Crippen molar-refractivity contribution < 1.29 is 4.79 Å². The molecule has 1 aromatic heterocycles. The number of nitrogens with two attached hydrogens (primary N) is 1. The van der Waals surface area contributed by atoms with Gasteiger partial charge in [0, 0.05) is 5.56 Å². The fourth-order valence-corrected chi connectivity index (χ4v) is 2.45. The van der Waals surface area contributed by atoms with E-state index < -0.39 is 17.5 Å². The molecule has 1 aliphatic rings. The molecule has 1 amide bonds. The fraction of sp³-hybridized carbons (Fsp3) is 0.0714. The van der Waals surface area contributed by atoms with Gasteiger partial charge in [-0.15, -0.1) is 0 Å². The summed E-state index contributed by atoms with van der Waals surface area (Å²) >= 11 is 0. The summed E-state index contributed by atoms with van der Waals surface area (Å²) in [5.74, 6) is -0.514. The molecule has 20 heavy (non-hydrogen) atoms. The maximum absolute atomic E-state index is 12.0. The molecular formula is C14H10N4O2. The van der Waals surface area contributed by atoms with Gasteiger partial charge in [-0.3, -0.25) is 9.59 Å². The number of nitrogens with one attached hydrogen (secondary N) is 2. The van der Waals surface area contributed by atoms with Gasteiger partial charge in [0.05, 0.1) is 11.6 Å². The van der Waals surface area contributed by atoms with E-state index >= 15 is 0 Å². The van der Waals surface area contributed by atoms with Crippen molar-refractivity contribution in [2.45, 2.75) is 6.04 Å². The van der Waals surface area contributed by atoms with Gasteiger partial charge in [-0.1, -0.05) is 30.3 Å². The normalized spacial score (nSPS) is 16.4. The molecule has 1 aromatic carbocycles. The molecule has 6 nitrogen and oxygen atoms in total. The van der Waals surface area contributed by atoms with E-state index in [9.17, 15) is 14.9 Å². The number of amides is 1. The zero-order valence-corrected chi connectivity index (χ0v) is 10.3. The topological polar surface area (TPSA) is 112 Å². The fourth-order valence-electron chi connectivity index (χ4n) is 2.45. The van der Waals surface area contributed by atoms with Gasteiger partial charge in [-0.25, -0.2) is 0 Å². The maximum atomic E-state index is 12.0. The highest BCUT2D eigenvalue weighted by atomic mass is 16.2. The number of rotatable bonds is 1. The highest BCUT2D eigenvalue weighted by Crippen LogP contribution is 2.32. The van der Waals surface area contributed by atoms with E-state index in [-0.39, 0.29) is 16.9 Å². The molecule has 2 heterocycles. The Labute approximate surface area is 113 Å². The Bertz CT molecular complexity index is 802. The number of hydrogen-bond acceptors (Lipinski definition) is 4. The largest absolute Gasteiger partial charge is 0.384 e. The first-order valence-electron chi connectivity index (χ1n) is 5.95. The highest BCUT2D eigenvalue weighted by Gasteiger charge is 2.35. The number of aromatic nitrogens is 1. The molecular weight excluding hydrogens is 256 g/mol. The van der Waals surface area contributed by atoms with Crippen LogP contribution in [0.3, 0.4) is 0 Å². The average Bonchev–Trinajstić information content (AvgIpc) is 2.78. The lowest BCUT2D eigenvalue weighted by atomic mass is 9.95. The number of aromatic amines is 1. The smallest absolute Gasteiger partial charge is 0.262 e. The van der Waals surface area contributed by atoms with Crippen LogP contribution in [0.4, 0.5) is 5.82 Å². The second-order valence-electron chi connectivity index (χ2n) is 4.46. The van der Waals surface area contributed by atoms with Crippen molar-refractivity contribution in [3.05, 3.63) is 62.9 Å². The first kappa shape index (κ1) is 12.0. The number of nitrogen functional groups attached to an aromatic ring is 1. The molecule has 0 saturated carbocycles. The van der Waals surface area contributed by atoms with Gasteiger partial charge in [0.1, 0.15) is 17.5 Å². The predicted molar refractivity (Wildman–Crippen MR) is 71.9 cm³/mol. The zero-order chi connectivity index (χ0) is 14.3. The summed E-state index contributed by atoms with van der Waals surface area (Å²) in [6.45, 7) is 0. The lowest BCUT2D eigenvalue weighted by Gasteiger charge is -2.13. The minimum absolute atomic E-state index is 0.0197. The third kappa shape index (κ3) is 1.57. The quantitative estimate of drug-likeness (QED) is 0.703. The molecule has 0 bridgehead atoms. The van der Waals surface area contributed by atoms with E-state index in [0.29, 0.717) is 5.56 Å². The maximum Gasteiger partial charge on any atom is 0.262 e. The molecule has 4 N–H and O–H groups in total. The van der Waals surface area contributed by atoms with Gasteiger partial charge < -0.3 is 16.0 Å². The van der Waals surface area contributed by atoms with Crippen LogP contribution in [-0.2, 0) is 0 Å². The van der Waals surface area contributed by atoms with E-state index in [0.717, 1.165) is 5.56 Å². The Hall–Kier alpha value is -3.07. The molecule has 1 unspecified atom stereocenters. The van der Waals surface area contributed by atoms with Crippen LogP contribution in [0.15, 0.2) is 35.1 Å². The predicted octanol–water partition coefficient (Wildman–Crippen LogP) is 0.662. The Morgan fingerprint density at radius 3 is 2.55 bits per heavy atom. The number of fused-ring (bicyclic) bond motifs is 1. The summed E-state index contributed by atoms with van der Waals surface area (Å²) in [4.78, 5) is 26.2. The van der Waals surface area contributed by atoms with Crippen LogP contribution < -0.4 is 16.6 Å². The highest BCUT2D eigenvalue weighted by molar-refractivity contribution is 6.00. The Morgan fingerprint density at radius 1 is 1.20 bits per heavy atom. The third-order valence-electron chi connectivity index (χ3n) is 3.32. The molecule has 0 saturated heterocycles. The SMILES string of the molecule is N#Cc1c(N)[nH]c(=O)c2c1C(c1ccccc1)NC2=O. The van der Waals surface area contributed by atoms with Crippen LogP contribution >= 0.6 is 0 Å². The molecule has 0 fully saturated rings. The first-order chi connectivity index (χ1) is 9.63. The minimum Gasteiger partial charge on any atom is -0.384 e. The van der Waals surface area contributed by atoms with Crippen LogP contribution in [-0.4, -0.2) is 10.9 Å². The number of carbonyl (C=O) groups excluding carboxylic acids is 1. The number of carbonyl (C=O) groups is 1. The van der Waals surface area contributed by atoms with Gasteiger partial charge >= 0.3 is 0 Å². The summed E-state index contributed by atoms with van der Waals surface area (Å²) < 4.78 is 0. The Morgan fingerprint density at radius 2 is 1.90 bits per heavy atom. The summed E-state index contributed by atoms with van der Waals surface area (Å²) in [5.41, 5.74) is 6.34. The van der Waals surface area contributed by atoms with Crippen molar-refractivity contribution in [3.63, 3.8) is 0 Å². The molecule has 3 rings (SSSR count). The van der Waals surface area contributed by atoms with Crippen LogP contribution in [0.1, 0.15) is 33.1 Å². The summed E-state index contributed by atoms with van der Waals surface area (Å²) in [7, 11) is 0. The van der Waals surface area contributed by atoms with E-state index in [1.807, 2.05) is 36.4 Å². The number of H-pyrrole nitrogens is 1. The molecule has 0 spiro atoms. The number of pyridine rings is 1. The number of anilines is 1. The monoisotopic (exact) mass is 266 g/mol. The summed E-state index contributed by atoms with van der Waals surface area (Å²) in [6.07, 6.45) is 0. The molecule has 1 atom stereocenters. The van der Waals surface area contributed by atoms with Gasteiger partial charge in [0.15, 0.2) is 0 Å². The second kappa shape index (κ2) is 4.24. The van der Waals surface area contributed by atoms with E-state index in [1.165, 1.54) is 0 Å². The average molecular weight is 266 g/mol. The lowest BCUT2D eigenvalue weighted by Crippen LogP contribution is -2.23. The first-order valence-corrected chi connectivity index (χ1v) is 5.95. The van der Waals surface area contributed by atoms with E-state index in [2.05, 4.69) is 10.3 Å². The second-order valence-corrected chi connectivity index (χ2v) is 4.46. The van der Waals surface area contributed by atoms with Crippen LogP contribution in [0.5, 0.6) is 0 Å². The molecule has 0 aliphatic carbocycles.